The molecule has 0 aliphatic heterocycles. The van der Waals surface area contributed by atoms with E-state index in [9.17, 15) is 4.39 Å². The summed E-state index contributed by atoms with van der Waals surface area (Å²) in [6, 6.07) is 10.1. The van der Waals surface area contributed by atoms with Crippen LogP contribution in [0.4, 0.5) is 15.9 Å². The number of halogens is 1. The number of rotatable bonds is 3. The minimum Gasteiger partial charge on any atom is -0.457 e. The lowest BCUT2D eigenvalue weighted by Crippen LogP contribution is -1.97. The summed E-state index contributed by atoms with van der Waals surface area (Å²) < 4.78 is 24.5. The van der Waals surface area contributed by atoms with E-state index >= 15 is 0 Å². The molecule has 0 spiro atoms. The topological polar surface area (TPSA) is 64.1 Å². The summed E-state index contributed by atoms with van der Waals surface area (Å²) in [5.41, 5.74) is 3.56. The zero-order valence-corrected chi connectivity index (χ0v) is 14.1. The first kappa shape index (κ1) is 15.4. The Hall–Kier alpha value is -3.15. The summed E-state index contributed by atoms with van der Waals surface area (Å²) in [7, 11) is 0. The number of aryl methyl sites for hydroxylation is 3. The Balaban J connectivity index is 1.90. The first-order valence-electron chi connectivity index (χ1n) is 7.88. The minimum absolute atomic E-state index is 0.321. The molecule has 1 N–H and O–H groups in total. The molecular weight excluding hydrogens is 321 g/mol. The van der Waals surface area contributed by atoms with Crippen LogP contribution in [0.2, 0.25) is 0 Å². The van der Waals surface area contributed by atoms with Gasteiger partial charge < -0.3 is 14.3 Å². The number of pyridine rings is 1. The Bertz CT molecular complexity index is 1060. The van der Waals surface area contributed by atoms with Crippen LogP contribution in [0.1, 0.15) is 17.2 Å². The summed E-state index contributed by atoms with van der Waals surface area (Å²) in [5.74, 6) is 1.67. The van der Waals surface area contributed by atoms with E-state index in [1.165, 1.54) is 12.1 Å². The van der Waals surface area contributed by atoms with Crippen LogP contribution in [-0.2, 0) is 0 Å². The van der Waals surface area contributed by atoms with Crippen molar-refractivity contribution >= 4 is 22.5 Å². The third kappa shape index (κ3) is 2.76. The van der Waals surface area contributed by atoms with Crippen molar-refractivity contribution in [2.45, 2.75) is 20.8 Å². The van der Waals surface area contributed by atoms with Crippen molar-refractivity contribution in [2.24, 2.45) is 0 Å². The van der Waals surface area contributed by atoms with Crippen LogP contribution in [0.25, 0.3) is 22.2 Å². The maximum absolute atomic E-state index is 13.5. The van der Waals surface area contributed by atoms with Gasteiger partial charge in [-0.15, -0.1) is 0 Å². The maximum atomic E-state index is 13.5. The Morgan fingerprint density at radius 3 is 2.64 bits per heavy atom. The summed E-state index contributed by atoms with van der Waals surface area (Å²) in [5, 5.41) is 8.05. The summed E-state index contributed by atoms with van der Waals surface area (Å²) in [6.07, 6.45) is 0. The molecule has 0 bridgehead atoms. The zero-order chi connectivity index (χ0) is 17.6. The maximum Gasteiger partial charge on any atom is 0.176 e. The van der Waals surface area contributed by atoms with Gasteiger partial charge in [0.05, 0.1) is 17.0 Å². The molecule has 6 heteroatoms. The quantitative estimate of drug-likeness (QED) is 0.550. The van der Waals surface area contributed by atoms with Gasteiger partial charge in [0.25, 0.3) is 0 Å². The molecule has 1 aromatic carbocycles. The first-order chi connectivity index (χ1) is 12.0. The lowest BCUT2D eigenvalue weighted by atomic mass is 10.1. The van der Waals surface area contributed by atoms with Gasteiger partial charge in [0, 0.05) is 11.1 Å². The van der Waals surface area contributed by atoms with Gasteiger partial charge in [-0.3, -0.25) is 0 Å². The lowest BCUT2D eigenvalue weighted by Gasteiger charge is -2.09. The normalized spacial score (nSPS) is 11.2. The predicted molar refractivity (Wildman–Crippen MR) is 93.4 cm³/mol. The molecule has 0 saturated carbocycles. The SMILES string of the molecule is Cc1cc2cc(-c3c(C)noc3C)nc(Nc3cccc(F)c3)c2o1. The van der Waals surface area contributed by atoms with Gasteiger partial charge in [-0.1, -0.05) is 11.2 Å². The Morgan fingerprint density at radius 2 is 1.92 bits per heavy atom. The molecule has 3 heterocycles. The van der Waals surface area contributed by atoms with Crippen molar-refractivity contribution < 1.29 is 13.3 Å². The molecule has 4 aromatic rings. The van der Waals surface area contributed by atoms with Gasteiger partial charge in [-0.25, -0.2) is 9.37 Å². The molecule has 0 saturated heterocycles. The van der Waals surface area contributed by atoms with Gasteiger partial charge in [-0.05, 0) is 51.1 Å². The van der Waals surface area contributed by atoms with Crippen LogP contribution >= 0.6 is 0 Å². The molecule has 3 aromatic heterocycles. The van der Waals surface area contributed by atoms with E-state index in [1.807, 2.05) is 32.9 Å². The number of hydrogen-bond acceptors (Lipinski definition) is 5. The number of nitrogens with one attached hydrogen (secondary N) is 1. The van der Waals surface area contributed by atoms with Crippen LogP contribution < -0.4 is 5.32 Å². The summed E-state index contributed by atoms with van der Waals surface area (Å²) >= 11 is 0. The Labute approximate surface area is 143 Å². The number of fused-ring (bicyclic) bond motifs is 1. The van der Waals surface area contributed by atoms with Crippen molar-refractivity contribution in [3.63, 3.8) is 0 Å². The second-order valence-corrected chi connectivity index (χ2v) is 5.97. The minimum atomic E-state index is -0.321. The Morgan fingerprint density at radius 1 is 1.08 bits per heavy atom. The molecule has 25 heavy (non-hydrogen) atoms. The highest BCUT2D eigenvalue weighted by Gasteiger charge is 2.17. The highest BCUT2D eigenvalue weighted by molar-refractivity contribution is 5.92. The van der Waals surface area contributed by atoms with Gasteiger partial charge in [0.2, 0.25) is 0 Å². The molecule has 0 aliphatic carbocycles. The summed E-state index contributed by atoms with van der Waals surface area (Å²) in [4.78, 5) is 4.68. The zero-order valence-electron chi connectivity index (χ0n) is 14.1. The highest BCUT2D eigenvalue weighted by Crippen LogP contribution is 2.34. The molecular formula is C19H16FN3O2. The largest absolute Gasteiger partial charge is 0.457 e. The van der Waals surface area contributed by atoms with Crippen molar-refractivity contribution in [3.8, 4) is 11.3 Å². The number of anilines is 2. The summed E-state index contributed by atoms with van der Waals surface area (Å²) in [6.45, 7) is 5.60. The van der Waals surface area contributed by atoms with Crippen LogP contribution in [0.5, 0.6) is 0 Å². The first-order valence-corrected chi connectivity index (χ1v) is 7.88. The fourth-order valence-electron chi connectivity index (χ4n) is 2.94. The second kappa shape index (κ2) is 5.73. The second-order valence-electron chi connectivity index (χ2n) is 5.97. The molecule has 0 fully saturated rings. The fraction of sp³-hybridized carbons (Fsp3) is 0.158. The average Bonchev–Trinajstić information content (AvgIpc) is 3.09. The number of benzene rings is 1. The number of furan rings is 1. The third-order valence-electron chi connectivity index (χ3n) is 4.00. The highest BCUT2D eigenvalue weighted by atomic mass is 19.1. The molecule has 4 rings (SSSR count). The van der Waals surface area contributed by atoms with Crippen molar-refractivity contribution in [2.75, 3.05) is 5.32 Å². The van der Waals surface area contributed by atoms with Crippen molar-refractivity contribution in [1.29, 1.82) is 0 Å². The van der Waals surface area contributed by atoms with Gasteiger partial charge >= 0.3 is 0 Å². The van der Waals surface area contributed by atoms with Crippen LogP contribution in [0.3, 0.4) is 0 Å². The van der Waals surface area contributed by atoms with Crippen molar-refractivity contribution in [3.05, 3.63) is 59.4 Å². The standard InChI is InChI=1S/C19H16FN3O2/c1-10-7-13-8-16(17-11(2)23-25-12(17)3)22-19(18(13)24-10)21-15-6-4-5-14(20)9-15/h4-9H,1-3H3,(H,21,22). The van der Waals surface area contributed by atoms with E-state index in [2.05, 4.69) is 15.5 Å². The van der Waals surface area contributed by atoms with E-state index in [0.717, 1.165) is 28.1 Å². The molecule has 0 radical (unpaired) electrons. The van der Waals surface area contributed by atoms with E-state index in [1.54, 1.807) is 12.1 Å². The predicted octanol–water partition coefficient (Wildman–Crippen LogP) is 5.29. The fourth-order valence-corrected chi connectivity index (χ4v) is 2.94. The molecule has 126 valence electrons. The molecule has 0 aliphatic rings. The number of aromatic nitrogens is 2. The van der Waals surface area contributed by atoms with Crippen LogP contribution in [0, 0.1) is 26.6 Å². The van der Waals surface area contributed by atoms with Crippen LogP contribution in [-0.4, -0.2) is 10.1 Å². The number of hydrogen-bond donors (Lipinski definition) is 1. The van der Waals surface area contributed by atoms with E-state index < -0.39 is 0 Å². The smallest absolute Gasteiger partial charge is 0.176 e. The van der Waals surface area contributed by atoms with Gasteiger partial charge in [-0.2, -0.15) is 0 Å². The van der Waals surface area contributed by atoms with Gasteiger partial charge in [0.15, 0.2) is 11.4 Å². The molecule has 0 amide bonds. The molecule has 0 unspecified atom stereocenters. The monoisotopic (exact) mass is 337 g/mol. The van der Waals surface area contributed by atoms with E-state index in [4.69, 9.17) is 8.94 Å². The molecule has 0 atom stereocenters. The van der Waals surface area contributed by atoms with Gasteiger partial charge in [0.1, 0.15) is 17.3 Å². The van der Waals surface area contributed by atoms with E-state index in [0.29, 0.717) is 22.8 Å². The van der Waals surface area contributed by atoms with Crippen LogP contribution in [0.15, 0.2) is 45.3 Å². The lowest BCUT2D eigenvalue weighted by molar-refractivity contribution is 0.393. The third-order valence-corrected chi connectivity index (χ3v) is 4.00. The number of nitrogens with zero attached hydrogens (tertiary/aromatic N) is 2. The molecule has 5 nitrogen and oxygen atoms in total. The average molecular weight is 337 g/mol. The van der Waals surface area contributed by atoms with E-state index in [-0.39, 0.29) is 5.82 Å². The van der Waals surface area contributed by atoms with Crippen molar-refractivity contribution in [1.82, 2.24) is 10.1 Å². The Kier molecular flexibility index (Phi) is 3.53.